The number of hydrogen-bond donors (Lipinski definition) is 1. The number of rotatable bonds is 4. The molecule has 7 heteroatoms. The van der Waals surface area contributed by atoms with E-state index < -0.39 is 0 Å². The van der Waals surface area contributed by atoms with Crippen LogP contribution in [0.25, 0.3) is 11.5 Å². The number of hydrogen-bond acceptors (Lipinski definition) is 5. The third kappa shape index (κ3) is 3.83. The van der Waals surface area contributed by atoms with Gasteiger partial charge in [0.15, 0.2) is 11.6 Å². The van der Waals surface area contributed by atoms with E-state index >= 15 is 0 Å². The van der Waals surface area contributed by atoms with E-state index in [0.29, 0.717) is 24.5 Å². The fraction of sp³-hybridized carbons (Fsp3) is 0.286. The molecule has 1 fully saturated rings. The average Bonchev–Trinajstić information content (AvgIpc) is 3.29. The minimum absolute atomic E-state index is 0.0557. The quantitative estimate of drug-likeness (QED) is 0.751. The summed E-state index contributed by atoms with van der Waals surface area (Å²) in [5, 5.41) is 11.6. The number of nitrogens with one attached hydrogen (secondary N) is 1. The second-order valence-corrected chi connectivity index (χ2v) is 6.67. The van der Waals surface area contributed by atoms with Gasteiger partial charge in [-0.3, -0.25) is 0 Å². The summed E-state index contributed by atoms with van der Waals surface area (Å²) in [7, 11) is 0. The molecule has 0 aliphatic carbocycles. The summed E-state index contributed by atoms with van der Waals surface area (Å²) < 4.78 is 5.34. The van der Waals surface area contributed by atoms with Crippen molar-refractivity contribution in [1.29, 1.82) is 0 Å². The van der Waals surface area contributed by atoms with Gasteiger partial charge in [0, 0.05) is 31.9 Å². The van der Waals surface area contributed by atoms with Crippen LogP contribution in [-0.2, 0) is 6.42 Å². The third-order valence-corrected chi connectivity index (χ3v) is 4.95. The molecule has 144 valence electrons. The molecule has 4 rings (SSSR count). The molecule has 0 radical (unpaired) electrons. The van der Waals surface area contributed by atoms with Crippen LogP contribution in [0.3, 0.4) is 0 Å². The predicted molar refractivity (Wildman–Crippen MR) is 108 cm³/mol. The maximum atomic E-state index is 12.6. The lowest BCUT2D eigenvalue weighted by molar-refractivity contribution is 0.208. The highest BCUT2D eigenvalue weighted by molar-refractivity contribution is 5.90. The molecule has 3 heterocycles. The second-order valence-electron chi connectivity index (χ2n) is 6.67. The first-order valence-corrected chi connectivity index (χ1v) is 9.51. The van der Waals surface area contributed by atoms with Gasteiger partial charge < -0.3 is 19.5 Å². The number of carbonyl (C=O) groups is 1. The Balaban J connectivity index is 1.34. The molecule has 28 heavy (non-hydrogen) atoms. The molecule has 1 N–H and O–H groups in total. The number of aromatic nitrogens is 2. The van der Waals surface area contributed by atoms with Gasteiger partial charge in [-0.05, 0) is 42.3 Å². The molecule has 1 aromatic carbocycles. The summed E-state index contributed by atoms with van der Waals surface area (Å²) in [6.07, 6.45) is 2.50. The van der Waals surface area contributed by atoms with Crippen LogP contribution >= 0.6 is 0 Å². The van der Waals surface area contributed by atoms with Gasteiger partial charge in [-0.1, -0.05) is 25.1 Å². The van der Waals surface area contributed by atoms with Gasteiger partial charge in [0.2, 0.25) is 0 Å². The van der Waals surface area contributed by atoms with Crippen molar-refractivity contribution in [2.24, 2.45) is 0 Å². The number of nitrogens with zero attached hydrogens (tertiary/aromatic N) is 4. The van der Waals surface area contributed by atoms with Crippen molar-refractivity contribution in [3.8, 4) is 11.5 Å². The molecule has 2 aromatic heterocycles. The zero-order chi connectivity index (χ0) is 19.3. The topological polar surface area (TPSA) is 74.5 Å². The van der Waals surface area contributed by atoms with Crippen molar-refractivity contribution >= 4 is 17.5 Å². The summed E-state index contributed by atoms with van der Waals surface area (Å²) in [5.74, 6) is 1.51. The van der Waals surface area contributed by atoms with E-state index in [2.05, 4.69) is 27.3 Å². The van der Waals surface area contributed by atoms with Crippen molar-refractivity contribution in [3.05, 3.63) is 60.4 Å². The van der Waals surface area contributed by atoms with Crippen LogP contribution in [0, 0.1) is 0 Å². The number of amides is 2. The molecule has 1 aliphatic heterocycles. The normalized spacial score (nSPS) is 14.2. The highest BCUT2D eigenvalue weighted by Gasteiger charge is 2.22. The first-order valence-electron chi connectivity index (χ1n) is 9.51. The zero-order valence-corrected chi connectivity index (χ0v) is 15.8. The highest BCUT2D eigenvalue weighted by Crippen LogP contribution is 2.20. The van der Waals surface area contributed by atoms with Gasteiger partial charge >= 0.3 is 6.03 Å². The van der Waals surface area contributed by atoms with Gasteiger partial charge in [0.25, 0.3) is 0 Å². The average molecular weight is 377 g/mol. The second kappa shape index (κ2) is 8.12. The number of furan rings is 1. The minimum atomic E-state index is -0.0557. The number of urea groups is 1. The summed E-state index contributed by atoms with van der Waals surface area (Å²) in [4.78, 5) is 16.6. The van der Waals surface area contributed by atoms with Crippen molar-refractivity contribution in [2.45, 2.75) is 13.3 Å². The van der Waals surface area contributed by atoms with Crippen LogP contribution in [-0.4, -0.2) is 47.3 Å². The summed E-state index contributed by atoms with van der Waals surface area (Å²) in [6, 6.07) is 15.4. The number of benzene rings is 1. The Bertz CT molecular complexity index is 916. The van der Waals surface area contributed by atoms with E-state index in [-0.39, 0.29) is 6.03 Å². The molecule has 3 aromatic rings. The fourth-order valence-electron chi connectivity index (χ4n) is 3.33. The fourth-order valence-corrected chi connectivity index (χ4v) is 3.33. The number of piperazine rings is 1. The van der Waals surface area contributed by atoms with Gasteiger partial charge in [-0.25, -0.2) is 4.79 Å². The van der Waals surface area contributed by atoms with Crippen LogP contribution in [0.1, 0.15) is 12.5 Å². The highest BCUT2D eigenvalue weighted by atomic mass is 16.3. The van der Waals surface area contributed by atoms with Gasteiger partial charge in [-0.2, -0.15) is 0 Å². The van der Waals surface area contributed by atoms with Crippen molar-refractivity contribution in [3.63, 3.8) is 0 Å². The van der Waals surface area contributed by atoms with Crippen LogP contribution in [0.2, 0.25) is 0 Å². The van der Waals surface area contributed by atoms with E-state index in [4.69, 9.17) is 4.42 Å². The molecule has 0 unspecified atom stereocenters. The Morgan fingerprint density at radius 1 is 1.04 bits per heavy atom. The van der Waals surface area contributed by atoms with Gasteiger partial charge in [-0.15, -0.1) is 10.2 Å². The lowest BCUT2D eigenvalue weighted by atomic mass is 10.1. The first kappa shape index (κ1) is 18.0. The van der Waals surface area contributed by atoms with Gasteiger partial charge in [0.1, 0.15) is 5.69 Å². The molecule has 7 nitrogen and oxygen atoms in total. The molecule has 2 amide bonds. The Morgan fingerprint density at radius 3 is 2.54 bits per heavy atom. The number of aryl methyl sites for hydroxylation is 1. The van der Waals surface area contributed by atoms with E-state index in [1.54, 1.807) is 6.26 Å². The van der Waals surface area contributed by atoms with Crippen LogP contribution in [0.15, 0.2) is 59.2 Å². The van der Waals surface area contributed by atoms with E-state index in [0.717, 1.165) is 36.6 Å². The molecular weight excluding hydrogens is 354 g/mol. The number of anilines is 2. The molecule has 1 saturated heterocycles. The monoisotopic (exact) mass is 377 g/mol. The van der Waals surface area contributed by atoms with Crippen molar-refractivity contribution in [1.82, 2.24) is 15.1 Å². The smallest absolute Gasteiger partial charge is 0.321 e. The molecule has 0 saturated carbocycles. The van der Waals surface area contributed by atoms with Gasteiger partial charge in [0.05, 0.1) is 6.26 Å². The molecule has 0 spiro atoms. The van der Waals surface area contributed by atoms with E-state index in [1.165, 1.54) is 0 Å². The lowest BCUT2D eigenvalue weighted by Crippen LogP contribution is -2.50. The maximum Gasteiger partial charge on any atom is 0.321 e. The van der Waals surface area contributed by atoms with Crippen molar-refractivity contribution < 1.29 is 9.21 Å². The molecule has 0 atom stereocenters. The lowest BCUT2D eigenvalue weighted by Gasteiger charge is -2.35. The Morgan fingerprint density at radius 2 is 1.86 bits per heavy atom. The summed E-state index contributed by atoms with van der Waals surface area (Å²) in [6.45, 7) is 4.81. The largest absolute Gasteiger partial charge is 0.463 e. The summed E-state index contributed by atoms with van der Waals surface area (Å²) >= 11 is 0. The SMILES string of the molecule is CCc1ccccc1NC(=O)N1CCN(c2ccc(-c3ccco3)nn2)CC1. The van der Waals surface area contributed by atoms with Crippen LogP contribution < -0.4 is 10.2 Å². The van der Waals surface area contributed by atoms with Crippen LogP contribution in [0.4, 0.5) is 16.3 Å². The predicted octanol–water partition coefficient (Wildman–Crippen LogP) is 3.65. The Labute approximate surface area is 164 Å². The molecule has 1 aliphatic rings. The summed E-state index contributed by atoms with van der Waals surface area (Å²) in [5.41, 5.74) is 2.74. The third-order valence-electron chi connectivity index (χ3n) is 4.95. The minimum Gasteiger partial charge on any atom is -0.463 e. The maximum absolute atomic E-state index is 12.6. The Hall–Kier alpha value is -3.35. The molecular formula is C21H23N5O2. The van der Waals surface area contributed by atoms with E-state index in [1.807, 2.05) is 53.4 Å². The first-order chi connectivity index (χ1) is 13.7. The number of para-hydroxylation sites is 1. The number of carbonyl (C=O) groups excluding carboxylic acids is 1. The van der Waals surface area contributed by atoms with Crippen molar-refractivity contribution in [2.75, 3.05) is 36.4 Å². The van der Waals surface area contributed by atoms with Crippen LogP contribution in [0.5, 0.6) is 0 Å². The van der Waals surface area contributed by atoms with E-state index in [9.17, 15) is 4.79 Å². The zero-order valence-electron chi connectivity index (χ0n) is 15.8. The Kier molecular flexibility index (Phi) is 5.23. The molecule has 0 bridgehead atoms. The standard InChI is InChI=1S/C21H23N5O2/c1-2-16-6-3-4-7-17(16)22-21(27)26-13-11-25(12-14-26)20-10-9-18(23-24-20)19-8-5-15-28-19/h3-10,15H,2,11-14H2,1H3,(H,22,27).